The van der Waals surface area contributed by atoms with Crippen molar-refractivity contribution in [3.63, 3.8) is 0 Å². The average molecular weight is 433 g/mol. The van der Waals surface area contributed by atoms with Gasteiger partial charge < -0.3 is 24.2 Å². The summed E-state index contributed by atoms with van der Waals surface area (Å²) in [5.41, 5.74) is 3.35. The number of nitrogens with one attached hydrogen (secondary N) is 1. The van der Waals surface area contributed by atoms with E-state index in [0.29, 0.717) is 42.7 Å². The summed E-state index contributed by atoms with van der Waals surface area (Å²) in [6.45, 7) is 3.63. The number of hydrogen-bond acceptors (Lipinski definition) is 6. The Hall–Kier alpha value is -3.81. The van der Waals surface area contributed by atoms with Gasteiger partial charge in [-0.1, -0.05) is 22.9 Å². The SMILES string of the molecule is Cc1ccc(N2CC(C(=O)NCc3cc(-c4ccc5c(c4)OCCO5)on3)CC2=O)cc1. The van der Waals surface area contributed by atoms with Gasteiger partial charge in [0, 0.05) is 30.3 Å². The van der Waals surface area contributed by atoms with Gasteiger partial charge in [0.25, 0.3) is 0 Å². The first-order valence-electron chi connectivity index (χ1n) is 10.6. The van der Waals surface area contributed by atoms with Crippen molar-refractivity contribution in [3.8, 4) is 22.8 Å². The number of rotatable bonds is 5. The predicted molar refractivity (Wildman–Crippen MR) is 116 cm³/mol. The van der Waals surface area contributed by atoms with E-state index in [1.54, 1.807) is 11.0 Å². The normalized spacial score (nSPS) is 17.5. The summed E-state index contributed by atoms with van der Waals surface area (Å²) in [7, 11) is 0. The van der Waals surface area contributed by atoms with Crippen LogP contribution in [0.2, 0.25) is 0 Å². The van der Waals surface area contributed by atoms with E-state index in [0.717, 1.165) is 16.8 Å². The minimum absolute atomic E-state index is 0.0451. The van der Waals surface area contributed by atoms with Gasteiger partial charge in [0.1, 0.15) is 18.9 Å². The topological polar surface area (TPSA) is 93.9 Å². The van der Waals surface area contributed by atoms with Crippen LogP contribution in [-0.2, 0) is 16.1 Å². The Labute approximate surface area is 185 Å². The zero-order valence-electron chi connectivity index (χ0n) is 17.7. The van der Waals surface area contributed by atoms with Crippen molar-refractivity contribution in [1.82, 2.24) is 10.5 Å². The van der Waals surface area contributed by atoms with E-state index in [1.165, 1.54) is 0 Å². The number of anilines is 1. The van der Waals surface area contributed by atoms with Crippen LogP contribution < -0.4 is 19.7 Å². The number of carbonyl (C=O) groups is 2. The lowest BCUT2D eigenvalue weighted by molar-refractivity contribution is -0.126. The predicted octanol–water partition coefficient (Wildman–Crippen LogP) is 3.09. The van der Waals surface area contributed by atoms with E-state index >= 15 is 0 Å². The molecule has 164 valence electrons. The lowest BCUT2D eigenvalue weighted by Gasteiger charge is -2.18. The van der Waals surface area contributed by atoms with Crippen molar-refractivity contribution in [3.05, 3.63) is 59.8 Å². The maximum absolute atomic E-state index is 12.7. The van der Waals surface area contributed by atoms with E-state index in [2.05, 4.69) is 10.5 Å². The first-order valence-corrected chi connectivity index (χ1v) is 10.6. The first-order chi connectivity index (χ1) is 15.6. The molecule has 2 aliphatic heterocycles. The number of fused-ring (bicyclic) bond motifs is 1. The quantitative estimate of drug-likeness (QED) is 0.665. The molecule has 5 rings (SSSR count). The molecule has 2 aromatic carbocycles. The molecule has 0 saturated carbocycles. The Morgan fingerprint density at radius 3 is 2.69 bits per heavy atom. The summed E-state index contributed by atoms with van der Waals surface area (Å²) in [4.78, 5) is 26.7. The van der Waals surface area contributed by atoms with Crippen LogP contribution in [0.15, 0.2) is 53.1 Å². The summed E-state index contributed by atoms with van der Waals surface area (Å²) >= 11 is 0. The summed E-state index contributed by atoms with van der Waals surface area (Å²) in [5, 5.41) is 6.92. The Bertz CT molecular complexity index is 1150. The van der Waals surface area contributed by atoms with Gasteiger partial charge in [-0.25, -0.2) is 0 Å². The Balaban J connectivity index is 1.19. The van der Waals surface area contributed by atoms with E-state index in [1.807, 2.05) is 49.4 Å². The lowest BCUT2D eigenvalue weighted by atomic mass is 10.1. The van der Waals surface area contributed by atoms with Crippen molar-refractivity contribution in [1.29, 1.82) is 0 Å². The molecule has 1 fully saturated rings. The van der Waals surface area contributed by atoms with Gasteiger partial charge in [-0.05, 0) is 37.3 Å². The van der Waals surface area contributed by atoms with E-state index in [9.17, 15) is 9.59 Å². The second-order valence-corrected chi connectivity index (χ2v) is 8.00. The van der Waals surface area contributed by atoms with Crippen molar-refractivity contribution in [2.45, 2.75) is 19.9 Å². The maximum Gasteiger partial charge on any atom is 0.227 e. The molecular weight excluding hydrogens is 410 g/mol. The van der Waals surface area contributed by atoms with Gasteiger partial charge in [0.05, 0.1) is 12.5 Å². The molecule has 8 nitrogen and oxygen atoms in total. The van der Waals surface area contributed by atoms with Crippen LogP contribution >= 0.6 is 0 Å². The number of aromatic nitrogens is 1. The molecule has 3 aromatic rings. The minimum Gasteiger partial charge on any atom is -0.486 e. The molecule has 8 heteroatoms. The fourth-order valence-electron chi connectivity index (χ4n) is 3.91. The molecule has 0 aliphatic carbocycles. The monoisotopic (exact) mass is 433 g/mol. The Morgan fingerprint density at radius 1 is 1.09 bits per heavy atom. The molecule has 1 saturated heterocycles. The molecule has 2 aliphatic rings. The molecular formula is C24H23N3O5. The number of aryl methyl sites for hydroxylation is 1. The number of amides is 2. The Morgan fingerprint density at radius 2 is 1.88 bits per heavy atom. The van der Waals surface area contributed by atoms with Crippen LogP contribution in [-0.4, -0.2) is 36.7 Å². The van der Waals surface area contributed by atoms with Crippen LogP contribution in [0.5, 0.6) is 11.5 Å². The molecule has 2 amide bonds. The van der Waals surface area contributed by atoms with Crippen LogP contribution in [0.25, 0.3) is 11.3 Å². The largest absolute Gasteiger partial charge is 0.486 e. The molecule has 1 unspecified atom stereocenters. The minimum atomic E-state index is -0.395. The fourth-order valence-corrected chi connectivity index (χ4v) is 3.91. The van der Waals surface area contributed by atoms with Gasteiger partial charge in [-0.15, -0.1) is 0 Å². The van der Waals surface area contributed by atoms with Gasteiger partial charge in [0.15, 0.2) is 17.3 Å². The molecule has 3 heterocycles. The highest BCUT2D eigenvalue weighted by atomic mass is 16.6. The third kappa shape index (κ3) is 4.03. The lowest BCUT2D eigenvalue weighted by Crippen LogP contribution is -2.32. The van der Waals surface area contributed by atoms with E-state index < -0.39 is 5.92 Å². The summed E-state index contributed by atoms with van der Waals surface area (Å²) < 4.78 is 16.6. The smallest absolute Gasteiger partial charge is 0.227 e. The van der Waals surface area contributed by atoms with Gasteiger partial charge in [-0.2, -0.15) is 0 Å². The third-order valence-corrected chi connectivity index (χ3v) is 5.67. The number of benzene rings is 2. The van der Waals surface area contributed by atoms with Crippen molar-refractivity contribution >= 4 is 17.5 Å². The molecule has 0 spiro atoms. The molecule has 0 bridgehead atoms. The zero-order chi connectivity index (χ0) is 22.1. The maximum atomic E-state index is 12.7. The highest BCUT2D eigenvalue weighted by Gasteiger charge is 2.35. The fraction of sp³-hybridized carbons (Fsp3) is 0.292. The third-order valence-electron chi connectivity index (χ3n) is 5.67. The summed E-state index contributed by atoms with van der Waals surface area (Å²) in [5.74, 6) is 1.34. The highest BCUT2D eigenvalue weighted by molar-refractivity contribution is 6.00. The summed E-state index contributed by atoms with van der Waals surface area (Å²) in [6.07, 6.45) is 0.195. The Kier molecular flexibility index (Phi) is 5.26. The van der Waals surface area contributed by atoms with Crippen LogP contribution in [0, 0.1) is 12.8 Å². The second kappa shape index (κ2) is 8.37. The summed E-state index contributed by atoms with van der Waals surface area (Å²) in [6, 6.07) is 15.1. The number of ether oxygens (including phenoxy) is 2. The number of nitrogens with zero attached hydrogens (tertiary/aromatic N) is 2. The molecule has 1 N–H and O–H groups in total. The van der Waals surface area contributed by atoms with Crippen LogP contribution in [0.4, 0.5) is 5.69 Å². The van der Waals surface area contributed by atoms with Crippen molar-refractivity contribution in [2.75, 3.05) is 24.7 Å². The van der Waals surface area contributed by atoms with Gasteiger partial charge in [0.2, 0.25) is 11.8 Å². The van der Waals surface area contributed by atoms with Crippen molar-refractivity contribution < 1.29 is 23.6 Å². The second-order valence-electron chi connectivity index (χ2n) is 8.00. The van der Waals surface area contributed by atoms with Crippen molar-refractivity contribution in [2.24, 2.45) is 5.92 Å². The van der Waals surface area contributed by atoms with E-state index in [-0.39, 0.29) is 24.8 Å². The van der Waals surface area contributed by atoms with Crippen LogP contribution in [0.1, 0.15) is 17.7 Å². The average Bonchev–Trinajstić information content (AvgIpc) is 3.45. The van der Waals surface area contributed by atoms with Gasteiger partial charge >= 0.3 is 0 Å². The molecule has 1 aromatic heterocycles. The zero-order valence-corrected chi connectivity index (χ0v) is 17.7. The number of carbonyl (C=O) groups excluding carboxylic acids is 2. The molecule has 0 radical (unpaired) electrons. The molecule has 32 heavy (non-hydrogen) atoms. The standard InChI is InChI=1S/C24H23N3O5/c1-15-2-5-19(6-3-15)27-14-17(11-23(27)28)24(29)25-13-18-12-21(32-26-18)16-4-7-20-22(10-16)31-9-8-30-20/h2-7,10,12,17H,8-9,11,13-14H2,1H3,(H,25,29). The van der Waals surface area contributed by atoms with E-state index in [4.69, 9.17) is 14.0 Å². The number of hydrogen-bond donors (Lipinski definition) is 1. The first kappa shape index (κ1) is 20.1. The molecule has 1 atom stereocenters. The van der Waals surface area contributed by atoms with Gasteiger partial charge in [-0.3, -0.25) is 9.59 Å². The van der Waals surface area contributed by atoms with Crippen LogP contribution in [0.3, 0.4) is 0 Å². The highest BCUT2D eigenvalue weighted by Crippen LogP contribution is 2.34.